The van der Waals surface area contributed by atoms with Crippen LogP contribution in [-0.2, 0) is 19.9 Å². The predicted octanol–water partition coefficient (Wildman–Crippen LogP) is 3.48. The van der Waals surface area contributed by atoms with Crippen LogP contribution in [0.5, 0.6) is 5.75 Å². The van der Waals surface area contributed by atoms with E-state index in [1.54, 1.807) is 6.26 Å². The van der Waals surface area contributed by atoms with Crippen molar-refractivity contribution in [1.82, 2.24) is 20.4 Å². The van der Waals surface area contributed by atoms with Gasteiger partial charge in [0.2, 0.25) is 0 Å². The molecule has 160 valence electrons. The van der Waals surface area contributed by atoms with Crippen molar-refractivity contribution in [2.24, 2.45) is 12.0 Å². The lowest BCUT2D eigenvalue weighted by Gasteiger charge is -2.28. The van der Waals surface area contributed by atoms with E-state index < -0.39 is 0 Å². The molecule has 0 fully saturated rings. The average molecular weight is 521 g/mol. The summed E-state index contributed by atoms with van der Waals surface area (Å²) in [4.78, 5) is 4.78. The van der Waals surface area contributed by atoms with Crippen LogP contribution in [0.25, 0.3) is 0 Å². The summed E-state index contributed by atoms with van der Waals surface area (Å²) < 4.78 is 13.1. The first-order valence-electron chi connectivity index (χ1n) is 10.1. The highest BCUT2D eigenvalue weighted by Crippen LogP contribution is 2.31. The van der Waals surface area contributed by atoms with E-state index in [9.17, 15) is 0 Å². The summed E-state index contributed by atoms with van der Waals surface area (Å²) in [5.74, 6) is 2.70. The number of ether oxygens (including phenoxy) is 1. The number of aryl methyl sites for hydroxylation is 1. The molecule has 0 spiro atoms. The second-order valence-electron chi connectivity index (χ2n) is 7.05. The monoisotopic (exact) mass is 521 g/mol. The van der Waals surface area contributed by atoms with Gasteiger partial charge >= 0.3 is 0 Å². The zero-order chi connectivity index (χ0) is 19.9. The molecule has 0 aliphatic carbocycles. The molecule has 2 aromatic heterocycles. The number of nitrogens with zero attached hydrogens (tertiary/aromatic N) is 3. The topological polar surface area (TPSA) is 76.6 Å². The number of para-hydroxylation sites is 1. The van der Waals surface area contributed by atoms with Crippen molar-refractivity contribution >= 4 is 29.9 Å². The van der Waals surface area contributed by atoms with Crippen LogP contribution in [0.3, 0.4) is 0 Å². The first-order valence-corrected chi connectivity index (χ1v) is 10.1. The van der Waals surface area contributed by atoms with Gasteiger partial charge in [-0.05, 0) is 24.3 Å². The number of aliphatic imine (C=N–C) groups is 1. The van der Waals surface area contributed by atoms with Crippen LogP contribution in [-0.4, -0.2) is 35.4 Å². The van der Waals surface area contributed by atoms with Crippen molar-refractivity contribution < 1.29 is 9.15 Å². The normalized spacial score (nSPS) is 15.6. The lowest BCUT2D eigenvalue weighted by Crippen LogP contribution is -2.42. The smallest absolute Gasteiger partial charge is 0.191 e. The maximum Gasteiger partial charge on any atom is 0.191 e. The number of nitrogens with one attached hydrogen (secondary N) is 2. The minimum absolute atomic E-state index is 0. The van der Waals surface area contributed by atoms with Crippen LogP contribution in [0.15, 0.2) is 64.3 Å². The fourth-order valence-corrected chi connectivity index (χ4v) is 3.50. The van der Waals surface area contributed by atoms with E-state index in [1.807, 2.05) is 54.3 Å². The minimum atomic E-state index is 0. The summed E-state index contributed by atoms with van der Waals surface area (Å²) >= 11 is 0. The Bertz CT molecular complexity index is 939. The maximum atomic E-state index is 5.79. The molecule has 1 atom stereocenters. The molecule has 7 nitrogen and oxygen atoms in total. The van der Waals surface area contributed by atoms with Gasteiger partial charge in [-0.15, -0.1) is 24.0 Å². The zero-order valence-electron chi connectivity index (χ0n) is 17.1. The van der Waals surface area contributed by atoms with E-state index in [1.165, 1.54) is 11.3 Å². The van der Waals surface area contributed by atoms with Crippen molar-refractivity contribution in [2.75, 3.05) is 19.7 Å². The SMILES string of the molecule is Cn1nccc1CCNC(=NCCc1ccco1)NC1CCOc2ccccc21.I. The second-order valence-corrected chi connectivity index (χ2v) is 7.05. The van der Waals surface area contributed by atoms with E-state index in [-0.39, 0.29) is 30.0 Å². The summed E-state index contributed by atoms with van der Waals surface area (Å²) in [5, 5.41) is 11.3. The summed E-state index contributed by atoms with van der Waals surface area (Å²) in [5.41, 5.74) is 2.36. The van der Waals surface area contributed by atoms with Crippen LogP contribution in [0, 0.1) is 0 Å². The molecule has 4 rings (SSSR count). The lowest BCUT2D eigenvalue weighted by atomic mass is 10.0. The molecular weight excluding hydrogens is 493 g/mol. The number of furan rings is 1. The third kappa shape index (κ3) is 5.78. The van der Waals surface area contributed by atoms with E-state index in [0.29, 0.717) is 13.2 Å². The lowest BCUT2D eigenvalue weighted by molar-refractivity contribution is 0.261. The van der Waals surface area contributed by atoms with Crippen LogP contribution in [0.2, 0.25) is 0 Å². The molecule has 1 aliphatic heterocycles. The Morgan fingerprint density at radius 3 is 2.90 bits per heavy atom. The first-order chi connectivity index (χ1) is 14.3. The predicted molar refractivity (Wildman–Crippen MR) is 127 cm³/mol. The highest BCUT2D eigenvalue weighted by atomic mass is 127. The average Bonchev–Trinajstić information content (AvgIpc) is 3.40. The highest BCUT2D eigenvalue weighted by molar-refractivity contribution is 14.0. The van der Waals surface area contributed by atoms with Crippen LogP contribution in [0.4, 0.5) is 0 Å². The Labute approximate surface area is 193 Å². The van der Waals surface area contributed by atoms with Gasteiger partial charge in [-0.1, -0.05) is 18.2 Å². The summed E-state index contributed by atoms with van der Waals surface area (Å²) in [7, 11) is 1.96. The van der Waals surface area contributed by atoms with Crippen LogP contribution >= 0.6 is 24.0 Å². The number of benzene rings is 1. The molecule has 1 aromatic carbocycles. The van der Waals surface area contributed by atoms with Crippen molar-refractivity contribution in [2.45, 2.75) is 25.3 Å². The third-order valence-corrected chi connectivity index (χ3v) is 5.07. The largest absolute Gasteiger partial charge is 0.493 e. The molecule has 0 saturated carbocycles. The number of aromatic nitrogens is 2. The second kappa shape index (κ2) is 11.1. The van der Waals surface area contributed by atoms with Gasteiger partial charge in [0.1, 0.15) is 11.5 Å². The van der Waals surface area contributed by atoms with Gasteiger partial charge in [-0.3, -0.25) is 9.67 Å². The molecule has 1 aliphatic rings. The van der Waals surface area contributed by atoms with Crippen molar-refractivity contribution in [3.8, 4) is 5.75 Å². The molecule has 0 amide bonds. The van der Waals surface area contributed by atoms with Gasteiger partial charge in [0.25, 0.3) is 0 Å². The van der Waals surface area contributed by atoms with E-state index >= 15 is 0 Å². The molecular formula is C22H28IN5O2. The summed E-state index contributed by atoms with van der Waals surface area (Å²) in [6, 6.07) is 14.3. The van der Waals surface area contributed by atoms with Gasteiger partial charge in [-0.25, -0.2) is 0 Å². The molecule has 3 aromatic rings. The first kappa shape index (κ1) is 22.2. The quantitative estimate of drug-likeness (QED) is 0.283. The number of rotatable bonds is 7. The Morgan fingerprint density at radius 1 is 1.20 bits per heavy atom. The number of guanidine groups is 1. The molecule has 0 bridgehead atoms. The van der Waals surface area contributed by atoms with Gasteiger partial charge in [0, 0.05) is 56.9 Å². The Balaban J connectivity index is 0.00000256. The third-order valence-electron chi connectivity index (χ3n) is 5.07. The number of halogens is 1. The van der Waals surface area contributed by atoms with E-state index in [0.717, 1.165) is 43.3 Å². The van der Waals surface area contributed by atoms with Crippen molar-refractivity contribution in [3.63, 3.8) is 0 Å². The Morgan fingerprint density at radius 2 is 2.10 bits per heavy atom. The standard InChI is InChI=1S/C22H27N5O2.HI/c1-27-17(9-14-25-27)8-12-23-22(24-13-10-18-5-4-15-28-18)26-20-11-16-29-21-7-3-2-6-19(20)21;/h2-7,9,14-15,20H,8,10-13,16H2,1H3,(H2,23,24,26);1H. The molecule has 8 heteroatoms. The fourth-order valence-electron chi connectivity index (χ4n) is 3.50. The number of hydrogen-bond acceptors (Lipinski definition) is 4. The Kier molecular flexibility index (Phi) is 8.18. The van der Waals surface area contributed by atoms with E-state index in [2.05, 4.69) is 21.8 Å². The van der Waals surface area contributed by atoms with Crippen molar-refractivity contribution in [1.29, 1.82) is 0 Å². The van der Waals surface area contributed by atoms with Crippen molar-refractivity contribution in [3.05, 3.63) is 71.9 Å². The van der Waals surface area contributed by atoms with Crippen LogP contribution < -0.4 is 15.4 Å². The van der Waals surface area contributed by atoms with Crippen LogP contribution in [0.1, 0.15) is 29.5 Å². The van der Waals surface area contributed by atoms with Gasteiger partial charge in [-0.2, -0.15) is 5.10 Å². The van der Waals surface area contributed by atoms with E-state index in [4.69, 9.17) is 14.1 Å². The molecule has 1 unspecified atom stereocenters. The summed E-state index contributed by atoms with van der Waals surface area (Å²) in [6.07, 6.45) is 6.07. The molecule has 30 heavy (non-hydrogen) atoms. The molecule has 3 heterocycles. The van der Waals surface area contributed by atoms with Gasteiger partial charge < -0.3 is 19.8 Å². The highest BCUT2D eigenvalue weighted by Gasteiger charge is 2.21. The maximum absolute atomic E-state index is 5.79. The number of fused-ring (bicyclic) bond motifs is 1. The fraction of sp³-hybridized carbons (Fsp3) is 0.364. The molecule has 0 saturated heterocycles. The Hall–Kier alpha value is -2.49. The number of hydrogen-bond donors (Lipinski definition) is 2. The van der Waals surface area contributed by atoms with Gasteiger partial charge in [0.05, 0.1) is 18.9 Å². The minimum Gasteiger partial charge on any atom is -0.493 e. The molecule has 2 N–H and O–H groups in total. The van der Waals surface area contributed by atoms with Gasteiger partial charge in [0.15, 0.2) is 5.96 Å². The summed E-state index contributed by atoms with van der Waals surface area (Å²) in [6.45, 7) is 2.12. The zero-order valence-corrected chi connectivity index (χ0v) is 19.4. The molecule has 0 radical (unpaired) electrons.